The highest BCUT2D eigenvalue weighted by molar-refractivity contribution is 6.39. The number of hydrogen-bond acceptors (Lipinski definition) is 4. The zero-order valence-electron chi connectivity index (χ0n) is 14.0. The number of nitrogens with zero attached hydrogens (tertiary/aromatic N) is 2. The van der Waals surface area contributed by atoms with Gasteiger partial charge in [-0.25, -0.2) is 4.68 Å². The van der Waals surface area contributed by atoms with Crippen LogP contribution in [0.25, 0.3) is 5.69 Å². The molecule has 1 aromatic heterocycles. The molecule has 0 aliphatic rings. The van der Waals surface area contributed by atoms with Crippen LogP contribution < -0.4 is 10.1 Å². The lowest BCUT2D eigenvalue weighted by atomic mass is 10.2. The molecule has 3 rings (SSSR count). The maximum Gasteiger partial charge on any atom is 0.258 e. The van der Waals surface area contributed by atoms with Crippen molar-refractivity contribution in [2.75, 3.05) is 12.4 Å². The van der Waals surface area contributed by atoms with Gasteiger partial charge in [0, 0.05) is 6.20 Å². The summed E-state index contributed by atoms with van der Waals surface area (Å²) in [5.41, 5.74) is 2.34. The van der Waals surface area contributed by atoms with Crippen LogP contribution in [0.4, 0.5) is 5.69 Å². The number of ether oxygens (including phenoxy) is 1. The lowest BCUT2D eigenvalue weighted by Gasteiger charge is -2.12. The molecule has 134 valence electrons. The third kappa shape index (κ3) is 3.47. The zero-order chi connectivity index (χ0) is 18.8. The molecule has 0 atom stereocenters. The van der Waals surface area contributed by atoms with Crippen molar-refractivity contribution in [2.24, 2.45) is 0 Å². The van der Waals surface area contributed by atoms with Crippen LogP contribution in [0.2, 0.25) is 10.0 Å². The molecule has 0 saturated carbocycles. The lowest BCUT2D eigenvalue weighted by molar-refractivity contribution is 0.102. The van der Waals surface area contributed by atoms with E-state index in [0.717, 1.165) is 11.3 Å². The van der Waals surface area contributed by atoms with Crippen LogP contribution in [0.3, 0.4) is 0 Å². The second-order valence-electron chi connectivity index (χ2n) is 5.57. The molecule has 0 saturated heterocycles. The number of nitrogens with one attached hydrogen (secondary N) is 1. The molecule has 0 aliphatic heterocycles. The topological polar surface area (TPSA) is 76.4 Å². The van der Waals surface area contributed by atoms with Crippen LogP contribution in [0.1, 0.15) is 15.9 Å². The highest BCUT2D eigenvalue weighted by atomic mass is 35.5. The van der Waals surface area contributed by atoms with Gasteiger partial charge in [0.1, 0.15) is 5.02 Å². The van der Waals surface area contributed by atoms with Crippen molar-refractivity contribution in [2.45, 2.75) is 6.92 Å². The van der Waals surface area contributed by atoms with E-state index in [1.54, 1.807) is 10.9 Å². The second-order valence-corrected chi connectivity index (χ2v) is 6.35. The highest BCUT2D eigenvalue weighted by Crippen LogP contribution is 2.44. The normalized spacial score (nSPS) is 10.6. The Hall–Kier alpha value is -2.70. The zero-order valence-corrected chi connectivity index (χ0v) is 15.5. The van der Waals surface area contributed by atoms with E-state index in [-0.39, 0.29) is 27.2 Å². The van der Waals surface area contributed by atoms with E-state index >= 15 is 0 Å². The average Bonchev–Trinajstić information content (AvgIpc) is 3.10. The number of carbonyl (C=O) groups excluding carboxylic acids is 1. The summed E-state index contributed by atoms with van der Waals surface area (Å²) in [6, 6.07) is 9.08. The molecule has 2 N–H and O–H groups in total. The number of methoxy groups -OCH3 is 1. The molecule has 1 amide bonds. The number of carbonyl (C=O) groups is 1. The predicted octanol–water partition coefficient (Wildman–Crippen LogP) is 4.45. The minimum absolute atomic E-state index is 0.0777. The molecule has 6 nitrogen and oxygen atoms in total. The van der Waals surface area contributed by atoms with Gasteiger partial charge in [-0.2, -0.15) is 5.10 Å². The smallest absolute Gasteiger partial charge is 0.258 e. The molecule has 0 unspecified atom stereocenters. The number of rotatable bonds is 4. The summed E-state index contributed by atoms with van der Waals surface area (Å²) in [5.74, 6) is -0.654. The van der Waals surface area contributed by atoms with Crippen LogP contribution in [0.5, 0.6) is 11.5 Å². The van der Waals surface area contributed by atoms with Crippen LogP contribution >= 0.6 is 23.2 Å². The van der Waals surface area contributed by atoms with Gasteiger partial charge in [-0.15, -0.1) is 0 Å². The van der Waals surface area contributed by atoms with Crippen LogP contribution in [0.15, 0.2) is 42.7 Å². The molecule has 2 aromatic carbocycles. The standard InChI is InChI=1S/C18H15Cl2N3O3/c1-10-3-5-12(6-4-10)23-9-11(8-21-23)18(25)22-14-7-13(19)17(26-2)15(20)16(14)24/h3-9,24H,1-2H3,(H,22,25). The Morgan fingerprint density at radius 1 is 1.27 bits per heavy atom. The summed E-state index contributed by atoms with van der Waals surface area (Å²) in [5, 5.41) is 17.0. The summed E-state index contributed by atoms with van der Waals surface area (Å²) in [7, 11) is 1.38. The Bertz CT molecular complexity index is 969. The first-order chi connectivity index (χ1) is 12.4. The lowest BCUT2D eigenvalue weighted by Crippen LogP contribution is -2.11. The van der Waals surface area contributed by atoms with Crippen molar-refractivity contribution in [3.63, 3.8) is 0 Å². The van der Waals surface area contributed by atoms with Gasteiger partial charge in [-0.05, 0) is 25.1 Å². The Labute approximate surface area is 159 Å². The summed E-state index contributed by atoms with van der Waals surface area (Å²) in [4.78, 5) is 12.4. The van der Waals surface area contributed by atoms with Gasteiger partial charge in [-0.1, -0.05) is 40.9 Å². The molecule has 0 radical (unpaired) electrons. The minimum Gasteiger partial charge on any atom is -0.504 e. The molecular weight excluding hydrogens is 377 g/mol. The molecule has 0 bridgehead atoms. The Kier molecular flexibility index (Phi) is 5.06. The largest absolute Gasteiger partial charge is 0.504 e. The highest BCUT2D eigenvalue weighted by Gasteiger charge is 2.19. The molecular formula is C18H15Cl2N3O3. The fraction of sp³-hybridized carbons (Fsp3) is 0.111. The number of benzene rings is 2. The molecule has 8 heteroatoms. The maximum absolute atomic E-state index is 12.4. The summed E-state index contributed by atoms with van der Waals surface area (Å²) >= 11 is 12.0. The van der Waals surface area contributed by atoms with E-state index in [4.69, 9.17) is 27.9 Å². The van der Waals surface area contributed by atoms with E-state index in [2.05, 4.69) is 10.4 Å². The Morgan fingerprint density at radius 2 is 1.96 bits per heavy atom. The van der Waals surface area contributed by atoms with E-state index < -0.39 is 5.91 Å². The van der Waals surface area contributed by atoms with Gasteiger partial charge >= 0.3 is 0 Å². The fourth-order valence-corrected chi connectivity index (χ4v) is 2.96. The van der Waals surface area contributed by atoms with Gasteiger partial charge in [0.25, 0.3) is 5.91 Å². The van der Waals surface area contributed by atoms with Gasteiger partial charge in [0.15, 0.2) is 11.5 Å². The minimum atomic E-state index is -0.462. The second kappa shape index (κ2) is 7.27. The first-order valence-corrected chi connectivity index (χ1v) is 8.34. The number of anilines is 1. The van der Waals surface area contributed by atoms with Gasteiger partial charge in [0.2, 0.25) is 0 Å². The Morgan fingerprint density at radius 3 is 2.62 bits per heavy atom. The van der Waals surface area contributed by atoms with Crippen LogP contribution in [-0.4, -0.2) is 27.9 Å². The molecule has 0 aliphatic carbocycles. The molecule has 26 heavy (non-hydrogen) atoms. The van der Waals surface area contributed by atoms with E-state index in [1.807, 2.05) is 31.2 Å². The number of hydrogen-bond donors (Lipinski definition) is 2. The first-order valence-electron chi connectivity index (χ1n) is 7.58. The van der Waals surface area contributed by atoms with Crippen molar-refractivity contribution < 1.29 is 14.6 Å². The van der Waals surface area contributed by atoms with Crippen LogP contribution in [-0.2, 0) is 0 Å². The molecule has 3 aromatic rings. The quantitative estimate of drug-likeness (QED) is 0.643. The number of aromatic hydroxyl groups is 1. The fourth-order valence-electron chi connectivity index (χ4n) is 2.35. The maximum atomic E-state index is 12.4. The van der Waals surface area contributed by atoms with Crippen molar-refractivity contribution in [1.29, 1.82) is 0 Å². The van der Waals surface area contributed by atoms with Crippen molar-refractivity contribution >= 4 is 34.8 Å². The number of halogens is 2. The SMILES string of the molecule is COc1c(Cl)cc(NC(=O)c2cnn(-c3ccc(C)cc3)c2)c(O)c1Cl. The van der Waals surface area contributed by atoms with Crippen molar-refractivity contribution in [1.82, 2.24) is 9.78 Å². The van der Waals surface area contributed by atoms with Gasteiger partial charge in [-0.3, -0.25) is 4.79 Å². The van der Waals surface area contributed by atoms with E-state index in [1.165, 1.54) is 19.4 Å². The third-order valence-electron chi connectivity index (χ3n) is 3.75. The van der Waals surface area contributed by atoms with Crippen LogP contribution in [0, 0.1) is 6.92 Å². The van der Waals surface area contributed by atoms with E-state index in [0.29, 0.717) is 5.56 Å². The summed E-state index contributed by atoms with van der Waals surface area (Å²) < 4.78 is 6.60. The number of phenolic OH excluding ortho intramolecular Hbond substituents is 1. The molecule has 0 fully saturated rings. The summed E-state index contributed by atoms with van der Waals surface area (Å²) in [6.45, 7) is 1.99. The Balaban J connectivity index is 1.84. The number of aromatic nitrogens is 2. The third-order valence-corrected chi connectivity index (χ3v) is 4.38. The average molecular weight is 392 g/mol. The number of aryl methyl sites for hydroxylation is 1. The van der Waals surface area contributed by atoms with E-state index in [9.17, 15) is 9.90 Å². The molecule has 0 spiro atoms. The molecule has 1 heterocycles. The number of amides is 1. The predicted molar refractivity (Wildman–Crippen MR) is 101 cm³/mol. The van der Waals surface area contributed by atoms with Gasteiger partial charge in [0.05, 0.1) is 35.3 Å². The first kappa shape index (κ1) is 18.1. The monoisotopic (exact) mass is 391 g/mol. The van der Waals surface area contributed by atoms with Gasteiger partial charge < -0.3 is 15.2 Å². The van der Waals surface area contributed by atoms with Crippen molar-refractivity contribution in [3.05, 3.63) is 63.9 Å². The van der Waals surface area contributed by atoms with Crippen molar-refractivity contribution in [3.8, 4) is 17.2 Å². The number of phenols is 1. The summed E-state index contributed by atoms with van der Waals surface area (Å²) in [6.07, 6.45) is 3.02.